The van der Waals surface area contributed by atoms with Crippen molar-refractivity contribution in [3.63, 3.8) is 0 Å². The maximum Gasteiger partial charge on any atom is 0.251 e. The van der Waals surface area contributed by atoms with Crippen LogP contribution in [0.1, 0.15) is 17.2 Å². The molecule has 0 fully saturated rings. The first-order chi connectivity index (χ1) is 20.9. The molecule has 0 aliphatic carbocycles. The van der Waals surface area contributed by atoms with Gasteiger partial charge in [-0.2, -0.15) is 0 Å². The number of ether oxygens (including phenoxy) is 3. The molecule has 2 amide bonds. The van der Waals surface area contributed by atoms with Crippen LogP contribution >= 0.6 is 0 Å². The van der Waals surface area contributed by atoms with Crippen molar-refractivity contribution in [3.05, 3.63) is 108 Å². The quantitative estimate of drug-likeness (QED) is 0.233. The van der Waals surface area contributed by atoms with Gasteiger partial charge in [0.15, 0.2) is 0 Å². The van der Waals surface area contributed by atoms with Crippen molar-refractivity contribution in [2.75, 3.05) is 26.6 Å². The van der Waals surface area contributed by atoms with Crippen LogP contribution in [0.25, 0.3) is 11.0 Å². The fraction of sp³-hybridized carbons (Fsp3) is 0.188. The summed E-state index contributed by atoms with van der Waals surface area (Å²) in [5, 5.41) is 11.2. The lowest BCUT2D eigenvalue weighted by Gasteiger charge is -2.32. The number of rotatable bonds is 11. The Morgan fingerprint density at radius 3 is 2.28 bits per heavy atom. The summed E-state index contributed by atoms with van der Waals surface area (Å²) in [7, 11) is 4.57. The molecule has 43 heavy (non-hydrogen) atoms. The Hall–Kier alpha value is -5.45. The van der Waals surface area contributed by atoms with E-state index < -0.39 is 23.7 Å². The van der Waals surface area contributed by atoms with Gasteiger partial charge in [0.05, 0.1) is 32.5 Å². The average Bonchev–Trinajstić information content (AvgIpc) is 3.44. The van der Waals surface area contributed by atoms with E-state index in [1.54, 1.807) is 43.5 Å². The molecule has 1 unspecified atom stereocenters. The largest absolute Gasteiger partial charge is 0.497 e. The fourth-order valence-corrected chi connectivity index (χ4v) is 4.72. The zero-order valence-electron chi connectivity index (χ0n) is 23.9. The molecule has 0 aliphatic heterocycles. The second kappa shape index (κ2) is 13.0. The van der Waals surface area contributed by atoms with E-state index in [1.165, 1.54) is 48.1 Å². The van der Waals surface area contributed by atoms with Crippen molar-refractivity contribution >= 4 is 28.5 Å². The summed E-state index contributed by atoms with van der Waals surface area (Å²) in [5.74, 6) is 0.156. The molecule has 0 aliphatic rings. The third-order valence-electron chi connectivity index (χ3n) is 6.95. The van der Waals surface area contributed by atoms with Crippen molar-refractivity contribution in [2.45, 2.75) is 19.1 Å². The van der Waals surface area contributed by atoms with Crippen molar-refractivity contribution < 1.29 is 28.2 Å². The Morgan fingerprint density at radius 2 is 1.58 bits per heavy atom. The highest BCUT2D eigenvalue weighted by Gasteiger charge is 2.33. The fourth-order valence-electron chi connectivity index (χ4n) is 4.72. The number of hydrogen-bond donors (Lipinski definition) is 1. The second-order valence-electron chi connectivity index (χ2n) is 9.62. The summed E-state index contributed by atoms with van der Waals surface area (Å²) in [6.07, 6.45) is 0. The molecule has 1 heterocycles. The van der Waals surface area contributed by atoms with E-state index in [4.69, 9.17) is 14.2 Å². The maximum absolute atomic E-state index is 14.1. The molecular formula is C32H30FN5O5. The molecule has 5 rings (SSSR count). The monoisotopic (exact) mass is 583 g/mol. The summed E-state index contributed by atoms with van der Waals surface area (Å²) < 4.78 is 31.5. The Balaban J connectivity index is 1.56. The van der Waals surface area contributed by atoms with E-state index in [-0.39, 0.29) is 13.1 Å². The summed E-state index contributed by atoms with van der Waals surface area (Å²) in [5.41, 5.74) is 2.85. The number of para-hydroxylation sites is 1. The molecule has 0 bridgehead atoms. The predicted molar refractivity (Wildman–Crippen MR) is 158 cm³/mol. The van der Waals surface area contributed by atoms with Gasteiger partial charge in [-0.15, -0.1) is 5.10 Å². The predicted octanol–water partition coefficient (Wildman–Crippen LogP) is 5.01. The highest BCUT2D eigenvalue weighted by atomic mass is 19.1. The molecule has 0 saturated heterocycles. The van der Waals surface area contributed by atoms with E-state index in [9.17, 15) is 14.0 Å². The summed E-state index contributed by atoms with van der Waals surface area (Å²) in [4.78, 5) is 29.7. The number of methoxy groups -OCH3 is 3. The number of halogens is 1. The number of carbonyl (C=O) groups is 2. The molecule has 0 spiro atoms. The number of benzene rings is 4. The van der Waals surface area contributed by atoms with Crippen LogP contribution in [-0.4, -0.2) is 53.0 Å². The molecule has 1 N–H and O–H groups in total. The van der Waals surface area contributed by atoms with Gasteiger partial charge in [-0.1, -0.05) is 41.6 Å². The Kier molecular flexibility index (Phi) is 8.80. The van der Waals surface area contributed by atoms with Crippen LogP contribution in [0, 0.1) is 5.82 Å². The number of aromatic nitrogens is 3. The van der Waals surface area contributed by atoms with Crippen molar-refractivity contribution in [3.8, 4) is 17.2 Å². The Morgan fingerprint density at radius 1 is 0.884 bits per heavy atom. The van der Waals surface area contributed by atoms with Crippen LogP contribution in [0.2, 0.25) is 0 Å². The topological polar surface area (TPSA) is 108 Å². The lowest BCUT2D eigenvalue weighted by Crippen LogP contribution is -2.42. The standard InChI is InChI=1S/C32H30FN5O5/c1-41-24-14-8-21(9-15-24)19-37(30(39)20-38-28-7-5-4-6-26(28)35-36-38)31(22-10-12-23(33)13-11-22)32(40)34-27-17-16-25(42-2)18-29(27)43-3/h4-18,31H,19-20H2,1-3H3,(H,34,40). The second-order valence-corrected chi connectivity index (χ2v) is 9.62. The van der Waals surface area contributed by atoms with Crippen molar-refractivity contribution in [1.82, 2.24) is 19.9 Å². The molecule has 11 heteroatoms. The van der Waals surface area contributed by atoms with Crippen LogP contribution in [0.5, 0.6) is 17.2 Å². The van der Waals surface area contributed by atoms with E-state index in [0.29, 0.717) is 39.5 Å². The van der Waals surface area contributed by atoms with Gasteiger partial charge < -0.3 is 24.4 Å². The third-order valence-corrected chi connectivity index (χ3v) is 6.95. The van der Waals surface area contributed by atoms with Crippen molar-refractivity contribution in [1.29, 1.82) is 0 Å². The number of carbonyl (C=O) groups excluding carboxylic acids is 2. The average molecular weight is 584 g/mol. The lowest BCUT2D eigenvalue weighted by molar-refractivity contribution is -0.140. The van der Waals surface area contributed by atoms with Gasteiger partial charge in [-0.3, -0.25) is 9.59 Å². The Labute approximate surface area is 247 Å². The van der Waals surface area contributed by atoms with Gasteiger partial charge in [0.25, 0.3) is 5.91 Å². The first kappa shape index (κ1) is 29.1. The smallest absolute Gasteiger partial charge is 0.251 e. The molecule has 0 radical (unpaired) electrons. The van der Waals surface area contributed by atoms with Gasteiger partial charge in [0.2, 0.25) is 5.91 Å². The first-order valence-electron chi connectivity index (χ1n) is 13.4. The summed E-state index contributed by atoms with van der Waals surface area (Å²) >= 11 is 0. The highest BCUT2D eigenvalue weighted by molar-refractivity contribution is 5.99. The van der Waals surface area contributed by atoms with Gasteiger partial charge in [-0.05, 0) is 59.7 Å². The first-order valence-corrected chi connectivity index (χ1v) is 13.4. The van der Waals surface area contributed by atoms with Gasteiger partial charge in [0.1, 0.15) is 41.2 Å². The minimum atomic E-state index is -1.16. The normalized spacial score (nSPS) is 11.5. The number of amides is 2. The van der Waals surface area contributed by atoms with Crippen LogP contribution in [-0.2, 0) is 22.7 Å². The molecular weight excluding hydrogens is 553 g/mol. The van der Waals surface area contributed by atoms with Gasteiger partial charge in [0, 0.05) is 12.6 Å². The van der Waals surface area contributed by atoms with Crippen LogP contribution < -0.4 is 19.5 Å². The molecule has 1 aromatic heterocycles. The number of nitrogens with zero attached hydrogens (tertiary/aromatic N) is 4. The SMILES string of the molecule is COc1ccc(CN(C(=O)Cn2nnc3ccccc32)C(C(=O)Nc2ccc(OC)cc2OC)c2ccc(F)cc2)cc1. The number of hydrogen-bond acceptors (Lipinski definition) is 7. The lowest BCUT2D eigenvalue weighted by atomic mass is 10.0. The molecule has 10 nitrogen and oxygen atoms in total. The minimum absolute atomic E-state index is 0.0602. The van der Waals surface area contributed by atoms with Gasteiger partial charge >= 0.3 is 0 Å². The molecule has 0 saturated carbocycles. The zero-order valence-corrected chi connectivity index (χ0v) is 23.9. The number of anilines is 1. The summed E-state index contributed by atoms with van der Waals surface area (Å²) in [6, 6.07) is 23.8. The van der Waals surface area contributed by atoms with E-state index in [2.05, 4.69) is 15.6 Å². The molecule has 1 atom stereocenters. The van der Waals surface area contributed by atoms with Gasteiger partial charge in [-0.25, -0.2) is 9.07 Å². The summed E-state index contributed by atoms with van der Waals surface area (Å²) in [6.45, 7) is -0.127. The maximum atomic E-state index is 14.1. The molecule has 4 aromatic carbocycles. The molecule has 220 valence electrons. The van der Waals surface area contributed by atoms with Crippen molar-refractivity contribution in [2.24, 2.45) is 0 Å². The third kappa shape index (κ3) is 6.56. The number of nitrogens with one attached hydrogen (secondary N) is 1. The minimum Gasteiger partial charge on any atom is -0.497 e. The van der Waals surface area contributed by atoms with Crippen LogP contribution in [0.4, 0.5) is 10.1 Å². The number of fused-ring (bicyclic) bond motifs is 1. The van der Waals surface area contributed by atoms with E-state index in [0.717, 1.165) is 5.56 Å². The van der Waals surface area contributed by atoms with E-state index in [1.807, 2.05) is 30.3 Å². The Bertz CT molecular complexity index is 1720. The molecule has 5 aromatic rings. The van der Waals surface area contributed by atoms with E-state index >= 15 is 0 Å². The van der Waals surface area contributed by atoms with Crippen LogP contribution in [0.15, 0.2) is 91.0 Å². The highest BCUT2D eigenvalue weighted by Crippen LogP contribution is 2.32. The van der Waals surface area contributed by atoms with Crippen LogP contribution in [0.3, 0.4) is 0 Å². The zero-order chi connectivity index (χ0) is 30.3.